The summed E-state index contributed by atoms with van der Waals surface area (Å²) < 4.78 is 17.5. The number of rotatable bonds is 44. The van der Waals surface area contributed by atoms with Crippen molar-refractivity contribution in [3.63, 3.8) is 0 Å². The van der Waals surface area contributed by atoms with E-state index in [1.807, 2.05) is 6.08 Å². The molecule has 0 bridgehead atoms. The molecule has 1 saturated heterocycles. The van der Waals surface area contributed by atoms with Crippen molar-refractivity contribution in [2.75, 3.05) is 13.2 Å². The quantitative estimate of drug-likeness (QED) is 0.0196. The third-order valence-corrected chi connectivity index (χ3v) is 12.5. The van der Waals surface area contributed by atoms with E-state index in [1.165, 1.54) is 109 Å². The molecule has 11 nitrogen and oxygen atoms in total. The van der Waals surface area contributed by atoms with Crippen molar-refractivity contribution in [2.45, 2.75) is 282 Å². The van der Waals surface area contributed by atoms with Crippen LogP contribution < -0.4 is 5.32 Å². The van der Waals surface area contributed by atoms with Gasteiger partial charge >= 0.3 is 5.97 Å². The van der Waals surface area contributed by atoms with E-state index < -0.39 is 67.4 Å². The maximum absolute atomic E-state index is 13.3. The predicted molar refractivity (Wildman–Crippen MR) is 264 cm³/mol. The molecule has 1 rings (SSSR count). The van der Waals surface area contributed by atoms with Crippen LogP contribution in [0.5, 0.6) is 0 Å². The monoisotopic (exact) mass is 922 g/mol. The molecule has 380 valence electrons. The summed E-state index contributed by atoms with van der Waals surface area (Å²) in [7, 11) is 0. The highest BCUT2D eigenvalue weighted by atomic mass is 16.7. The minimum atomic E-state index is -1.62. The molecule has 1 aliphatic rings. The molecule has 6 N–H and O–H groups in total. The van der Waals surface area contributed by atoms with E-state index in [1.54, 1.807) is 6.08 Å². The lowest BCUT2D eigenvalue weighted by atomic mass is 9.99. The molecule has 0 aromatic carbocycles. The molecule has 1 amide bonds. The standard InChI is InChI=1S/C54H99NO10/c1-4-7-10-13-16-19-22-24-25-27-30-33-36-39-42-49(59)65-52-51(61)50(60)48(43-56)64-54(52)63-44-45(46(57)40-37-34-31-29-26-23-20-17-14-11-8-5-2)55-53(62)47(58)41-38-35-32-28-21-18-15-12-9-6-3/h15,18,25,27,37,40,45-48,50-52,54,56-58,60-61H,4-14,16-17,19-24,26,28-36,38-39,41-44H2,1-3H3,(H,55,62)/b18-15-,27-25-,40-37+. The number of hydrogen-bond donors (Lipinski definition) is 6. The van der Waals surface area contributed by atoms with Crippen LogP contribution in [-0.2, 0) is 23.8 Å². The van der Waals surface area contributed by atoms with E-state index >= 15 is 0 Å². The van der Waals surface area contributed by atoms with Gasteiger partial charge in [0.15, 0.2) is 12.4 Å². The van der Waals surface area contributed by atoms with Gasteiger partial charge in [-0.3, -0.25) is 9.59 Å². The van der Waals surface area contributed by atoms with Gasteiger partial charge in [-0.15, -0.1) is 0 Å². The van der Waals surface area contributed by atoms with Gasteiger partial charge in [-0.05, 0) is 70.6 Å². The van der Waals surface area contributed by atoms with Crippen LogP contribution in [0.1, 0.15) is 233 Å². The Bertz CT molecular complexity index is 1200. The molecule has 0 radical (unpaired) electrons. The van der Waals surface area contributed by atoms with Crippen molar-refractivity contribution in [1.82, 2.24) is 5.32 Å². The third-order valence-electron chi connectivity index (χ3n) is 12.5. The Morgan fingerprint density at radius 3 is 1.54 bits per heavy atom. The molecular formula is C54H99NO10. The smallest absolute Gasteiger partial charge is 0.306 e. The minimum Gasteiger partial charge on any atom is -0.454 e. The number of nitrogens with one attached hydrogen (secondary N) is 1. The van der Waals surface area contributed by atoms with Crippen molar-refractivity contribution in [3.05, 3.63) is 36.5 Å². The van der Waals surface area contributed by atoms with Gasteiger partial charge in [0.05, 0.1) is 25.4 Å². The first kappa shape index (κ1) is 60.9. The van der Waals surface area contributed by atoms with Crippen molar-refractivity contribution in [1.29, 1.82) is 0 Å². The highest BCUT2D eigenvalue weighted by molar-refractivity contribution is 5.80. The lowest BCUT2D eigenvalue weighted by Gasteiger charge is -2.41. The highest BCUT2D eigenvalue weighted by Gasteiger charge is 2.47. The van der Waals surface area contributed by atoms with E-state index in [4.69, 9.17) is 14.2 Å². The summed E-state index contributed by atoms with van der Waals surface area (Å²) in [5.74, 6) is -1.22. The maximum atomic E-state index is 13.3. The second kappa shape index (κ2) is 43.2. The van der Waals surface area contributed by atoms with Crippen molar-refractivity contribution >= 4 is 11.9 Å². The van der Waals surface area contributed by atoms with Gasteiger partial charge in [-0.25, -0.2) is 0 Å². The van der Waals surface area contributed by atoms with Crippen molar-refractivity contribution in [3.8, 4) is 0 Å². The predicted octanol–water partition coefficient (Wildman–Crippen LogP) is 11.2. The zero-order valence-corrected chi connectivity index (χ0v) is 41.6. The molecule has 1 fully saturated rings. The largest absolute Gasteiger partial charge is 0.454 e. The number of aliphatic hydroxyl groups excluding tert-OH is 5. The molecule has 0 saturated carbocycles. The minimum absolute atomic E-state index is 0.104. The van der Waals surface area contributed by atoms with Gasteiger partial charge in [-0.2, -0.15) is 0 Å². The third kappa shape index (κ3) is 32.3. The summed E-state index contributed by atoms with van der Waals surface area (Å²) in [4.78, 5) is 26.3. The average molecular weight is 922 g/mol. The molecule has 0 aromatic heterocycles. The van der Waals surface area contributed by atoms with Gasteiger partial charge in [0.2, 0.25) is 5.91 Å². The normalized spacial score (nSPS) is 20.5. The van der Waals surface area contributed by atoms with E-state index in [-0.39, 0.29) is 19.4 Å². The number of amides is 1. The Hall–Kier alpha value is -2.12. The van der Waals surface area contributed by atoms with Crippen LogP contribution in [0.15, 0.2) is 36.5 Å². The van der Waals surface area contributed by atoms with Crippen LogP contribution in [-0.4, -0.2) is 99.6 Å². The van der Waals surface area contributed by atoms with Crippen LogP contribution in [0.25, 0.3) is 0 Å². The average Bonchev–Trinajstić information content (AvgIpc) is 3.30. The molecule has 0 aliphatic carbocycles. The van der Waals surface area contributed by atoms with Gasteiger partial charge in [-0.1, -0.05) is 192 Å². The number of carbonyl (C=O) groups excluding carboxylic acids is 2. The Labute approximate surface area is 396 Å². The molecule has 0 spiro atoms. The molecular weight excluding hydrogens is 823 g/mol. The zero-order valence-electron chi connectivity index (χ0n) is 41.6. The number of allylic oxidation sites excluding steroid dienone is 5. The Morgan fingerprint density at radius 2 is 1.03 bits per heavy atom. The first-order valence-electron chi connectivity index (χ1n) is 26.8. The number of ether oxygens (including phenoxy) is 3. The fourth-order valence-corrected chi connectivity index (χ4v) is 8.15. The van der Waals surface area contributed by atoms with Crippen LogP contribution >= 0.6 is 0 Å². The van der Waals surface area contributed by atoms with Gasteiger partial charge in [0, 0.05) is 6.42 Å². The second-order valence-corrected chi connectivity index (χ2v) is 18.6. The van der Waals surface area contributed by atoms with Crippen LogP contribution in [0.2, 0.25) is 0 Å². The van der Waals surface area contributed by atoms with Crippen LogP contribution in [0.4, 0.5) is 0 Å². The maximum Gasteiger partial charge on any atom is 0.306 e. The molecule has 11 heteroatoms. The Kier molecular flexibility index (Phi) is 40.5. The lowest BCUT2D eigenvalue weighted by Crippen LogP contribution is -2.61. The van der Waals surface area contributed by atoms with E-state index in [0.29, 0.717) is 12.8 Å². The summed E-state index contributed by atoms with van der Waals surface area (Å²) >= 11 is 0. The molecule has 0 aromatic rings. The topological polar surface area (TPSA) is 175 Å². The second-order valence-electron chi connectivity index (χ2n) is 18.6. The van der Waals surface area contributed by atoms with E-state index in [9.17, 15) is 35.1 Å². The summed E-state index contributed by atoms with van der Waals surface area (Å²) in [5, 5.41) is 56.5. The van der Waals surface area contributed by atoms with E-state index in [2.05, 4.69) is 50.4 Å². The first-order valence-corrected chi connectivity index (χ1v) is 26.8. The van der Waals surface area contributed by atoms with E-state index in [0.717, 1.165) is 77.0 Å². The highest BCUT2D eigenvalue weighted by Crippen LogP contribution is 2.26. The first-order chi connectivity index (χ1) is 31.7. The number of esters is 1. The van der Waals surface area contributed by atoms with Crippen LogP contribution in [0, 0.1) is 0 Å². The Balaban J connectivity index is 2.78. The van der Waals surface area contributed by atoms with Crippen molar-refractivity contribution in [2.24, 2.45) is 0 Å². The Morgan fingerprint density at radius 1 is 0.585 bits per heavy atom. The summed E-state index contributed by atoms with van der Waals surface area (Å²) in [5.41, 5.74) is 0. The van der Waals surface area contributed by atoms with Gasteiger partial charge in [0.25, 0.3) is 0 Å². The van der Waals surface area contributed by atoms with Gasteiger partial charge in [0.1, 0.15) is 24.4 Å². The number of aliphatic hydroxyl groups is 5. The fraction of sp³-hybridized carbons (Fsp3) is 0.852. The summed E-state index contributed by atoms with van der Waals surface area (Å²) in [6.07, 6.45) is 37.7. The van der Waals surface area contributed by atoms with Crippen LogP contribution in [0.3, 0.4) is 0 Å². The lowest BCUT2D eigenvalue weighted by molar-refractivity contribution is -0.305. The summed E-state index contributed by atoms with van der Waals surface area (Å²) in [6.45, 7) is 5.70. The molecule has 8 unspecified atom stereocenters. The molecule has 8 atom stereocenters. The van der Waals surface area contributed by atoms with Crippen molar-refractivity contribution < 1.29 is 49.3 Å². The number of carbonyl (C=O) groups is 2. The molecule has 65 heavy (non-hydrogen) atoms. The number of unbranched alkanes of at least 4 members (excludes halogenated alkanes) is 26. The van der Waals surface area contributed by atoms with Gasteiger partial charge < -0.3 is 45.1 Å². The number of hydrogen-bond acceptors (Lipinski definition) is 10. The molecule has 1 aliphatic heterocycles. The molecule has 1 heterocycles. The fourth-order valence-electron chi connectivity index (χ4n) is 8.15. The zero-order chi connectivity index (χ0) is 47.6. The SMILES string of the molecule is CCCC/C=C\CCCCCCC(O)C(=O)NC(COC1OC(CO)C(O)C(O)C1OC(=O)CCCCC/C=C\CCCCCCCCC)C(O)/C=C/CCCCCCCCCCCC. The summed E-state index contributed by atoms with van der Waals surface area (Å²) in [6, 6.07) is -1.03.